The number of aryl methyl sites for hydroxylation is 3. The van der Waals surface area contributed by atoms with Gasteiger partial charge in [0.15, 0.2) is 11.4 Å². The minimum Gasteiger partial charge on any atom is -0.462 e. The van der Waals surface area contributed by atoms with Gasteiger partial charge in [0, 0.05) is 19.4 Å². The highest BCUT2D eigenvalue weighted by Gasteiger charge is 2.17. The Kier molecular flexibility index (Phi) is 3.83. The van der Waals surface area contributed by atoms with E-state index in [2.05, 4.69) is 11.9 Å². The molecular weight excluding hydrogens is 190 g/mol. The molecule has 1 N–H and O–H groups in total. The molecular formula is C12H18NO2+. The first-order chi connectivity index (χ1) is 7.10. The lowest BCUT2D eigenvalue weighted by molar-refractivity contribution is -0.397. The third kappa shape index (κ3) is 2.55. The average Bonchev–Trinajstić information content (AvgIpc) is 2.18. The maximum absolute atomic E-state index is 11.6. The lowest BCUT2D eigenvalue weighted by Gasteiger charge is -2.04. The van der Waals surface area contributed by atoms with Gasteiger partial charge in [-0.1, -0.05) is 6.92 Å². The summed E-state index contributed by atoms with van der Waals surface area (Å²) in [6.45, 7) is 8.19. The van der Waals surface area contributed by atoms with Gasteiger partial charge in [0.1, 0.15) is 5.56 Å². The zero-order chi connectivity index (χ0) is 11.4. The Bertz CT molecular complexity index is 372. The summed E-state index contributed by atoms with van der Waals surface area (Å²) in [6.07, 6.45) is 0.912. The van der Waals surface area contributed by atoms with Crippen LogP contribution in [-0.2, 0) is 11.2 Å². The summed E-state index contributed by atoms with van der Waals surface area (Å²) in [7, 11) is 0. The van der Waals surface area contributed by atoms with Crippen LogP contribution in [0.1, 0.15) is 41.2 Å². The van der Waals surface area contributed by atoms with Gasteiger partial charge in [-0.05, 0) is 19.4 Å². The van der Waals surface area contributed by atoms with E-state index in [1.165, 1.54) is 0 Å². The van der Waals surface area contributed by atoms with Gasteiger partial charge in [-0.3, -0.25) is 0 Å². The van der Waals surface area contributed by atoms with Crippen LogP contribution in [0, 0.1) is 13.8 Å². The van der Waals surface area contributed by atoms with Crippen LogP contribution >= 0.6 is 0 Å². The van der Waals surface area contributed by atoms with Crippen molar-refractivity contribution in [3.63, 3.8) is 0 Å². The first-order valence-corrected chi connectivity index (χ1v) is 5.29. The Balaban J connectivity index is 3.12. The second-order valence-electron chi connectivity index (χ2n) is 3.53. The molecule has 0 amide bonds. The minimum atomic E-state index is -0.249. The van der Waals surface area contributed by atoms with Crippen LogP contribution in [-0.4, -0.2) is 12.6 Å². The molecule has 0 saturated carbocycles. The molecule has 3 heteroatoms. The van der Waals surface area contributed by atoms with Crippen molar-refractivity contribution < 1.29 is 14.5 Å². The maximum Gasteiger partial charge on any atom is 0.344 e. The molecule has 82 valence electrons. The molecule has 0 spiro atoms. The van der Waals surface area contributed by atoms with Crippen LogP contribution in [0.2, 0.25) is 0 Å². The zero-order valence-electron chi connectivity index (χ0n) is 9.81. The van der Waals surface area contributed by atoms with Crippen molar-refractivity contribution in [3.8, 4) is 0 Å². The third-order valence-corrected chi connectivity index (χ3v) is 2.46. The summed E-state index contributed by atoms with van der Waals surface area (Å²) in [6, 6.07) is 1.92. The molecule has 0 unspecified atom stereocenters. The first-order valence-electron chi connectivity index (χ1n) is 5.29. The molecule has 0 aliphatic heterocycles. The molecule has 1 rings (SSSR count). The minimum absolute atomic E-state index is 0.249. The summed E-state index contributed by atoms with van der Waals surface area (Å²) < 4.78 is 4.99. The highest BCUT2D eigenvalue weighted by molar-refractivity contribution is 5.90. The molecule has 1 aromatic heterocycles. The maximum atomic E-state index is 11.6. The summed E-state index contributed by atoms with van der Waals surface area (Å²) in [4.78, 5) is 14.8. The summed E-state index contributed by atoms with van der Waals surface area (Å²) >= 11 is 0. The van der Waals surface area contributed by atoms with E-state index in [1.54, 1.807) is 0 Å². The van der Waals surface area contributed by atoms with Gasteiger partial charge in [0.2, 0.25) is 0 Å². The van der Waals surface area contributed by atoms with E-state index >= 15 is 0 Å². The standard InChI is InChI=1S/C12H17NO2/c1-5-10-7-11(12(14)15-6-2)9(4)13-8(10)3/h7H,5-6H2,1-4H3/p+1. The van der Waals surface area contributed by atoms with Crippen molar-refractivity contribution in [1.82, 2.24) is 0 Å². The van der Waals surface area contributed by atoms with Crippen LogP contribution in [0.4, 0.5) is 0 Å². The van der Waals surface area contributed by atoms with Gasteiger partial charge >= 0.3 is 5.97 Å². The second-order valence-corrected chi connectivity index (χ2v) is 3.53. The van der Waals surface area contributed by atoms with Crippen molar-refractivity contribution in [2.45, 2.75) is 34.1 Å². The number of pyridine rings is 1. The van der Waals surface area contributed by atoms with Gasteiger partial charge in [-0.25, -0.2) is 9.78 Å². The van der Waals surface area contributed by atoms with E-state index in [1.807, 2.05) is 26.8 Å². The van der Waals surface area contributed by atoms with E-state index in [4.69, 9.17) is 4.74 Å². The van der Waals surface area contributed by atoms with Crippen LogP contribution in [0.15, 0.2) is 6.07 Å². The molecule has 0 saturated heterocycles. The van der Waals surface area contributed by atoms with Crippen molar-refractivity contribution in [1.29, 1.82) is 0 Å². The highest BCUT2D eigenvalue weighted by Crippen LogP contribution is 2.11. The van der Waals surface area contributed by atoms with Gasteiger partial charge in [-0.15, -0.1) is 0 Å². The molecule has 15 heavy (non-hydrogen) atoms. The van der Waals surface area contributed by atoms with Crippen molar-refractivity contribution in [2.75, 3.05) is 6.61 Å². The first kappa shape index (κ1) is 11.7. The van der Waals surface area contributed by atoms with Crippen LogP contribution < -0.4 is 4.98 Å². The molecule has 0 bridgehead atoms. The van der Waals surface area contributed by atoms with Crippen LogP contribution in [0.3, 0.4) is 0 Å². The molecule has 1 heterocycles. The number of ether oxygens (including phenoxy) is 1. The van der Waals surface area contributed by atoms with E-state index in [0.29, 0.717) is 12.2 Å². The number of nitrogens with one attached hydrogen (secondary N) is 1. The second kappa shape index (κ2) is 4.91. The number of rotatable bonds is 3. The molecule has 1 aromatic rings. The molecule has 3 nitrogen and oxygen atoms in total. The van der Waals surface area contributed by atoms with E-state index < -0.39 is 0 Å². The van der Waals surface area contributed by atoms with Crippen LogP contribution in [0.25, 0.3) is 0 Å². The Morgan fingerprint density at radius 2 is 2.00 bits per heavy atom. The van der Waals surface area contributed by atoms with Gasteiger partial charge in [-0.2, -0.15) is 0 Å². The van der Waals surface area contributed by atoms with Gasteiger partial charge < -0.3 is 4.74 Å². The highest BCUT2D eigenvalue weighted by atomic mass is 16.5. The molecule has 0 aromatic carbocycles. The quantitative estimate of drug-likeness (QED) is 0.711. The SMILES string of the molecule is CCOC(=O)c1cc(CC)c(C)[nH+]c1C. The normalized spacial score (nSPS) is 10.1. The number of esters is 1. The Hall–Kier alpha value is -1.38. The number of hydrogen-bond donors (Lipinski definition) is 0. The Morgan fingerprint density at radius 3 is 2.53 bits per heavy atom. The molecule has 0 fully saturated rings. The molecule has 0 atom stereocenters. The fourth-order valence-electron chi connectivity index (χ4n) is 1.61. The lowest BCUT2D eigenvalue weighted by atomic mass is 10.1. The topological polar surface area (TPSA) is 40.4 Å². The zero-order valence-corrected chi connectivity index (χ0v) is 9.81. The fourth-order valence-corrected chi connectivity index (χ4v) is 1.61. The Morgan fingerprint density at radius 1 is 1.33 bits per heavy atom. The van der Waals surface area contributed by atoms with E-state index in [9.17, 15) is 4.79 Å². The predicted octanol–water partition coefficient (Wildman–Crippen LogP) is 1.86. The summed E-state index contributed by atoms with van der Waals surface area (Å²) in [5.74, 6) is -0.249. The fraction of sp³-hybridized carbons (Fsp3) is 0.500. The van der Waals surface area contributed by atoms with Crippen LogP contribution in [0.5, 0.6) is 0 Å². The third-order valence-electron chi connectivity index (χ3n) is 2.46. The van der Waals surface area contributed by atoms with Crippen molar-refractivity contribution in [2.24, 2.45) is 0 Å². The van der Waals surface area contributed by atoms with Gasteiger partial charge in [0.05, 0.1) is 6.61 Å². The number of hydrogen-bond acceptors (Lipinski definition) is 2. The number of aromatic nitrogens is 1. The predicted molar refractivity (Wildman–Crippen MR) is 57.8 cm³/mol. The molecule has 0 aliphatic rings. The number of aromatic amines is 1. The summed E-state index contributed by atoms with van der Waals surface area (Å²) in [5, 5.41) is 0. The van der Waals surface area contributed by atoms with Crippen molar-refractivity contribution >= 4 is 5.97 Å². The smallest absolute Gasteiger partial charge is 0.344 e. The number of H-pyrrole nitrogens is 1. The number of carbonyl (C=O) groups is 1. The largest absolute Gasteiger partial charge is 0.462 e. The summed E-state index contributed by atoms with van der Waals surface area (Å²) in [5.41, 5.74) is 3.77. The van der Waals surface area contributed by atoms with E-state index in [-0.39, 0.29) is 5.97 Å². The monoisotopic (exact) mass is 208 g/mol. The molecule has 0 aliphatic carbocycles. The van der Waals surface area contributed by atoms with Gasteiger partial charge in [0.25, 0.3) is 0 Å². The van der Waals surface area contributed by atoms with Crippen molar-refractivity contribution in [3.05, 3.63) is 28.6 Å². The number of carbonyl (C=O) groups excluding carboxylic acids is 1. The van der Waals surface area contributed by atoms with E-state index in [0.717, 1.165) is 23.4 Å². The lowest BCUT2D eigenvalue weighted by Crippen LogP contribution is -2.20. The molecule has 0 radical (unpaired) electrons. The average molecular weight is 208 g/mol. The Labute approximate surface area is 90.5 Å².